The summed E-state index contributed by atoms with van der Waals surface area (Å²) in [6.45, 7) is 4.33. The number of nitrogens with zero attached hydrogens (tertiary/aromatic N) is 1. The normalized spacial score (nSPS) is 18.1. The number of ether oxygens (including phenoxy) is 1. The maximum absolute atomic E-state index is 11.5. The molecule has 118 valence electrons. The van der Waals surface area contributed by atoms with E-state index in [1.54, 1.807) is 0 Å². The Kier molecular flexibility index (Phi) is 5.28. The highest BCUT2D eigenvalue weighted by Crippen LogP contribution is 2.39. The average Bonchev–Trinajstić information content (AvgIpc) is 3.18. The van der Waals surface area contributed by atoms with Crippen molar-refractivity contribution in [3.05, 3.63) is 44.3 Å². The Morgan fingerprint density at radius 3 is 3.05 bits per heavy atom. The van der Waals surface area contributed by atoms with E-state index in [1.165, 1.54) is 15.3 Å². The standard InChI is InChI=1S/C17H21NO2S2/c1-2-20-16(19)6-3-9-18-10-7-14-13(8-12-22-14)17(18)15-5-4-11-21-15/h4-5,8,11-12,17H,2-3,6-7,9-10H2,1H3. The van der Waals surface area contributed by atoms with Gasteiger partial charge in [-0.25, -0.2) is 0 Å². The van der Waals surface area contributed by atoms with E-state index in [1.807, 2.05) is 29.6 Å². The van der Waals surface area contributed by atoms with Gasteiger partial charge in [-0.2, -0.15) is 0 Å². The first-order valence-electron chi connectivity index (χ1n) is 7.79. The molecule has 0 aromatic carbocycles. The fraction of sp³-hybridized carbons (Fsp3) is 0.471. The first-order valence-corrected chi connectivity index (χ1v) is 9.55. The van der Waals surface area contributed by atoms with Gasteiger partial charge in [-0.3, -0.25) is 9.69 Å². The van der Waals surface area contributed by atoms with Crippen LogP contribution in [0.15, 0.2) is 29.0 Å². The highest BCUT2D eigenvalue weighted by Gasteiger charge is 2.29. The van der Waals surface area contributed by atoms with Crippen LogP contribution in [0.2, 0.25) is 0 Å². The fourth-order valence-corrected chi connectivity index (χ4v) is 4.83. The van der Waals surface area contributed by atoms with E-state index < -0.39 is 0 Å². The summed E-state index contributed by atoms with van der Waals surface area (Å²) < 4.78 is 5.02. The Morgan fingerprint density at radius 1 is 1.36 bits per heavy atom. The lowest BCUT2D eigenvalue weighted by molar-refractivity contribution is -0.143. The minimum absolute atomic E-state index is 0.0802. The van der Waals surface area contributed by atoms with Crippen molar-refractivity contribution < 1.29 is 9.53 Å². The Morgan fingerprint density at radius 2 is 2.27 bits per heavy atom. The number of carbonyl (C=O) groups is 1. The van der Waals surface area contributed by atoms with Crippen LogP contribution in [-0.4, -0.2) is 30.6 Å². The summed E-state index contributed by atoms with van der Waals surface area (Å²) in [5, 5.41) is 4.35. The van der Waals surface area contributed by atoms with Gasteiger partial charge in [-0.05, 0) is 54.8 Å². The van der Waals surface area contributed by atoms with Crippen LogP contribution >= 0.6 is 22.7 Å². The second kappa shape index (κ2) is 7.40. The van der Waals surface area contributed by atoms with Crippen molar-refractivity contribution in [3.8, 4) is 0 Å². The molecule has 3 heterocycles. The number of thiophene rings is 2. The quantitative estimate of drug-likeness (QED) is 0.744. The molecule has 1 aliphatic heterocycles. The summed E-state index contributed by atoms with van der Waals surface area (Å²) in [6, 6.07) is 6.97. The Labute approximate surface area is 139 Å². The van der Waals surface area contributed by atoms with Crippen molar-refractivity contribution in [2.45, 2.75) is 32.2 Å². The lowest BCUT2D eigenvalue weighted by atomic mass is 9.98. The van der Waals surface area contributed by atoms with E-state index in [9.17, 15) is 4.79 Å². The molecule has 1 unspecified atom stereocenters. The van der Waals surface area contributed by atoms with Gasteiger partial charge in [-0.1, -0.05) is 6.07 Å². The summed E-state index contributed by atoms with van der Waals surface area (Å²) in [5.74, 6) is -0.0802. The van der Waals surface area contributed by atoms with Crippen molar-refractivity contribution >= 4 is 28.6 Å². The summed E-state index contributed by atoms with van der Waals surface area (Å²) >= 11 is 3.69. The Hall–Kier alpha value is -1.17. The van der Waals surface area contributed by atoms with Crippen LogP contribution in [0.5, 0.6) is 0 Å². The molecule has 0 amide bonds. The molecule has 0 saturated heterocycles. The molecular formula is C17H21NO2S2. The molecule has 0 N–H and O–H groups in total. The third kappa shape index (κ3) is 3.42. The number of esters is 1. The lowest BCUT2D eigenvalue weighted by Gasteiger charge is -2.35. The van der Waals surface area contributed by atoms with Crippen molar-refractivity contribution in [2.24, 2.45) is 0 Å². The predicted molar refractivity (Wildman–Crippen MR) is 91.6 cm³/mol. The largest absolute Gasteiger partial charge is 0.466 e. The SMILES string of the molecule is CCOC(=O)CCCN1CCc2sccc2C1c1cccs1. The molecule has 5 heteroatoms. The lowest BCUT2D eigenvalue weighted by Crippen LogP contribution is -2.35. The van der Waals surface area contributed by atoms with Crippen LogP contribution in [0, 0.1) is 0 Å². The van der Waals surface area contributed by atoms with E-state index in [0.29, 0.717) is 19.1 Å². The highest BCUT2D eigenvalue weighted by atomic mass is 32.1. The van der Waals surface area contributed by atoms with Crippen LogP contribution in [0.4, 0.5) is 0 Å². The third-order valence-corrected chi connectivity index (χ3v) is 5.93. The molecule has 1 aliphatic rings. The first-order chi connectivity index (χ1) is 10.8. The molecule has 1 atom stereocenters. The monoisotopic (exact) mass is 335 g/mol. The van der Waals surface area contributed by atoms with Gasteiger partial charge in [-0.15, -0.1) is 22.7 Å². The minimum Gasteiger partial charge on any atom is -0.466 e. The van der Waals surface area contributed by atoms with Crippen LogP contribution in [0.3, 0.4) is 0 Å². The molecule has 0 radical (unpaired) electrons. The molecule has 0 spiro atoms. The van der Waals surface area contributed by atoms with Crippen molar-refractivity contribution in [3.63, 3.8) is 0 Å². The van der Waals surface area contributed by atoms with Crippen LogP contribution < -0.4 is 0 Å². The highest BCUT2D eigenvalue weighted by molar-refractivity contribution is 7.10. The maximum Gasteiger partial charge on any atom is 0.305 e. The summed E-state index contributed by atoms with van der Waals surface area (Å²) in [4.78, 5) is 16.9. The van der Waals surface area contributed by atoms with E-state index in [0.717, 1.165) is 25.9 Å². The molecule has 0 aliphatic carbocycles. The molecule has 0 bridgehead atoms. The Bertz CT molecular complexity index is 606. The van der Waals surface area contributed by atoms with Gasteiger partial charge in [0, 0.05) is 22.7 Å². The molecule has 2 aromatic rings. The topological polar surface area (TPSA) is 29.5 Å². The van der Waals surface area contributed by atoms with Gasteiger partial charge < -0.3 is 4.74 Å². The van der Waals surface area contributed by atoms with Gasteiger partial charge in [0.1, 0.15) is 0 Å². The van der Waals surface area contributed by atoms with Gasteiger partial charge in [0.15, 0.2) is 0 Å². The van der Waals surface area contributed by atoms with Crippen molar-refractivity contribution in [1.29, 1.82) is 0 Å². The van der Waals surface area contributed by atoms with Crippen LogP contribution in [0.25, 0.3) is 0 Å². The first kappa shape index (κ1) is 15.7. The second-order valence-electron chi connectivity index (χ2n) is 5.41. The zero-order chi connectivity index (χ0) is 15.4. The third-order valence-electron chi connectivity index (χ3n) is 4.01. The van der Waals surface area contributed by atoms with Gasteiger partial charge in [0.2, 0.25) is 0 Å². The van der Waals surface area contributed by atoms with E-state index in [4.69, 9.17) is 4.74 Å². The van der Waals surface area contributed by atoms with Gasteiger partial charge in [0.05, 0.1) is 12.6 Å². The van der Waals surface area contributed by atoms with Crippen molar-refractivity contribution in [2.75, 3.05) is 19.7 Å². The molecular weight excluding hydrogens is 314 g/mol. The number of fused-ring (bicyclic) bond motifs is 1. The summed E-state index contributed by atoms with van der Waals surface area (Å²) in [6.07, 6.45) is 2.49. The van der Waals surface area contributed by atoms with Crippen molar-refractivity contribution in [1.82, 2.24) is 4.90 Å². The molecule has 2 aromatic heterocycles. The molecule has 0 fully saturated rings. The number of rotatable bonds is 6. The minimum atomic E-state index is -0.0802. The number of hydrogen-bond donors (Lipinski definition) is 0. The number of hydrogen-bond acceptors (Lipinski definition) is 5. The van der Waals surface area contributed by atoms with Crippen LogP contribution in [0.1, 0.15) is 41.1 Å². The van der Waals surface area contributed by atoms with Gasteiger partial charge >= 0.3 is 5.97 Å². The zero-order valence-corrected chi connectivity index (χ0v) is 14.4. The zero-order valence-electron chi connectivity index (χ0n) is 12.8. The summed E-state index contributed by atoms with van der Waals surface area (Å²) in [5.41, 5.74) is 1.45. The maximum atomic E-state index is 11.5. The van der Waals surface area contributed by atoms with Gasteiger partial charge in [0.25, 0.3) is 0 Å². The fourth-order valence-electron chi connectivity index (χ4n) is 3.05. The molecule has 3 nitrogen and oxygen atoms in total. The molecule has 0 saturated carbocycles. The smallest absolute Gasteiger partial charge is 0.305 e. The predicted octanol–water partition coefficient (Wildman–Crippen LogP) is 4.10. The second-order valence-corrected chi connectivity index (χ2v) is 7.39. The Balaban J connectivity index is 1.69. The number of carbonyl (C=O) groups excluding carboxylic acids is 1. The molecule has 3 rings (SSSR count). The average molecular weight is 335 g/mol. The summed E-state index contributed by atoms with van der Waals surface area (Å²) in [7, 11) is 0. The van der Waals surface area contributed by atoms with E-state index in [2.05, 4.69) is 33.9 Å². The van der Waals surface area contributed by atoms with E-state index in [-0.39, 0.29) is 5.97 Å². The molecule has 22 heavy (non-hydrogen) atoms. The van der Waals surface area contributed by atoms with Crippen LogP contribution in [-0.2, 0) is 16.0 Å². The van der Waals surface area contributed by atoms with E-state index >= 15 is 0 Å².